The summed E-state index contributed by atoms with van der Waals surface area (Å²) in [5.41, 5.74) is 1.41. The molecule has 2 aromatic carbocycles. The lowest BCUT2D eigenvalue weighted by Gasteiger charge is -2.25. The molecule has 1 amide bonds. The van der Waals surface area contributed by atoms with Crippen LogP contribution in [0.5, 0.6) is 11.5 Å². The quantitative estimate of drug-likeness (QED) is 0.375. The number of amides is 1. The molecule has 1 aliphatic rings. The molecule has 0 atom stereocenters. The normalized spacial score (nSPS) is 12.5. The minimum absolute atomic E-state index is 0.100. The number of H-pyrrole nitrogens is 1. The lowest BCUT2D eigenvalue weighted by molar-refractivity contribution is -0.116. The Morgan fingerprint density at radius 1 is 1.09 bits per heavy atom. The third kappa shape index (κ3) is 5.02. The maximum atomic E-state index is 13.4. The van der Waals surface area contributed by atoms with Gasteiger partial charge in [0.25, 0.3) is 0 Å². The number of aromatic nitrogens is 3. The average molecular weight is 495 g/mol. The third-order valence-electron chi connectivity index (χ3n) is 5.26. The van der Waals surface area contributed by atoms with Crippen molar-refractivity contribution in [2.75, 3.05) is 23.9 Å². The minimum Gasteiger partial charge on any atom is -0.486 e. The number of hydrogen-bond donors (Lipinski definition) is 1. The molecule has 0 radical (unpaired) electrons. The predicted molar refractivity (Wildman–Crippen MR) is 132 cm³/mol. The molecule has 0 spiro atoms. The molecule has 34 heavy (non-hydrogen) atoms. The maximum absolute atomic E-state index is 13.4. The van der Waals surface area contributed by atoms with Crippen molar-refractivity contribution in [1.29, 1.82) is 0 Å². The van der Waals surface area contributed by atoms with Crippen molar-refractivity contribution in [1.82, 2.24) is 14.8 Å². The van der Waals surface area contributed by atoms with E-state index in [0.29, 0.717) is 43.0 Å². The summed E-state index contributed by atoms with van der Waals surface area (Å²) < 4.78 is 12.9. The minimum atomic E-state index is -0.305. The molecule has 8 nitrogen and oxygen atoms in total. The Labute approximate surface area is 204 Å². The van der Waals surface area contributed by atoms with Gasteiger partial charge in [0.1, 0.15) is 13.2 Å². The van der Waals surface area contributed by atoms with Crippen LogP contribution in [-0.4, -0.2) is 39.6 Å². The van der Waals surface area contributed by atoms with Crippen LogP contribution in [0.1, 0.15) is 10.4 Å². The lowest BCUT2D eigenvalue weighted by atomic mass is 10.2. The lowest BCUT2D eigenvalue weighted by Crippen LogP contribution is -2.32. The van der Waals surface area contributed by atoms with Crippen LogP contribution in [0, 0.1) is 0 Å². The van der Waals surface area contributed by atoms with E-state index in [9.17, 15) is 9.59 Å². The van der Waals surface area contributed by atoms with E-state index in [1.807, 2.05) is 66.0 Å². The SMILES string of the molecule is O=C(CSc1n[nH]c(=O)n1Cc1ccccc1)N(Cc1cccs1)c1ccc2c(c1)OCCO2. The monoisotopic (exact) mass is 494 g/mol. The van der Waals surface area contributed by atoms with Crippen molar-refractivity contribution < 1.29 is 14.3 Å². The second-order valence-electron chi connectivity index (χ2n) is 7.56. The first-order valence-electron chi connectivity index (χ1n) is 10.7. The average Bonchev–Trinajstić information content (AvgIpc) is 3.51. The molecule has 5 rings (SSSR count). The van der Waals surface area contributed by atoms with Crippen molar-refractivity contribution in [3.8, 4) is 11.5 Å². The van der Waals surface area contributed by atoms with Crippen LogP contribution in [0.25, 0.3) is 0 Å². The van der Waals surface area contributed by atoms with Crippen molar-refractivity contribution >= 4 is 34.7 Å². The van der Waals surface area contributed by atoms with Gasteiger partial charge in [-0.2, -0.15) is 0 Å². The standard InChI is InChI=1S/C24H22N4O4S2/c29-22(16-34-24-26-25-23(30)28(24)14-17-5-2-1-3-6-17)27(15-19-7-4-12-33-19)18-8-9-20-21(13-18)32-11-10-31-20/h1-9,12-13H,10-11,14-16H2,(H,25,30). The Morgan fingerprint density at radius 3 is 2.71 bits per heavy atom. The highest BCUT2D eigenvalue weighted by Gasteiger charge is 2.22. The highest BCUT2D eigenvalue weighted by Crippen LogP contribution is 2.35. The number of aromatic amines is 1. The van der Waals surface area contributed by atoms with Crippen LogP contribution in [-0.2, 0) is 17.9 Å². The predicted octanol–water partition coefficient (Wildman–Crippen LogP) is 3.78. The summed E-state index contributed by atoms with van der Waals surface area (Å²) in [6.07, 6.45) is 0. The number of ether oxygens (including phenoxy) is 2. The maximum Gasteiger partial charge on any atom is 0.344 e. The number of benzene rings is 2. The van der Waals surface area contributed by atoms with Gasteiger partial charge in [-0.3, -0.25) is 9.36 Å². The molecule has 174 valence electrons. The number of thiophene rings is 1. The number of carbonyl (C=O) groups is 1. The summed E-state index contributed by atoms with van der Waals surface area (Å²) >= 11 is 2.83. The highest BCUT2D eigenvalue weighted by molar-refractivity contribution is 7.99. The van der Waals surface area contributed by atoms with Gasteiger partial charge < -0.3 is 14.4 Å². The summed E-state index contributed by atoms with van der Waals surface area (Å²) in [6.45, 7) is 1.81. The molecule has 0 saturated heterocycles. The third-order valence-corrected chi connectivity index (χ3v) is 7.09. The van der Waals surface area contributed by atoms with Crippen LogP contribution in [0.4, 0.5) is 5.69 Å². The molecule has 3 heterocycles. The fourth-order valence-electron chi connectivity index (χ4n) is 3.60. The number of thioether (sulfide) groups is 1. The van der Waals surface area contributed by atoms with Gasteiger partial charge in [0.15, 0.2) is 16.7 Å². The summed E-state index contributed by atoms with van der Waals surface area (Å²) in [5.74, 6) is 1.33. The van der Waals surface area contributed by atoms with Gasteiger partial charge >= 0.3 is 5.69 Å². The zero-order chi connectivity index (χ0) is 23.3. The number of hydrogen-bond acceptors (Lipinski definition) is 7. The van der Waals surface area contributed by atoms with Crippen molar-refractivity contribution in [3.05, 3.63) is 87.0 Å². The fourth-order valence-corrected chi connectivity index (χ4v) is 5.12. The Bertz CT molecular complexity index is 1320. The van der Waals surface area contributed by atoms with E-state index in [-0.39, 0.29) is 17.3 Å². The summed E-state index contributed by atoms with van der Waals surface area (Å²) in [5, 5.41) is 9.09. The van der Waals surface area contributed by atoms with Crippen LogP contribution in [0.2, 0.25) is 0 Å². The number of anilines is 1. The largest absolute Gasteiger partial charge is 0.486 e. The number of carbonyl (C=O) groups excluding carboxylic acids is 1. The topological polar surface area (TPSA) is 89.5 Å². The first kappa shape index (κ1) is 22.3. The van der Waals surface area contributed by atoms with E-state index < -0.39 is 0 Å². The zero-order valence-electron chi connectivity index (χ0n) is 18.2. The van der Waals surface area contributed by atoms with Crippen LogP contribution < -0.4 is 20.1 Å². The van der Waals surface area contributed by atoms with Crippen molar-refractivity contribution in [2.24, 2.45) is 0 Å². The zero-order valence-corrected chi connectivity index (χ0v) is 19.8. The van der Waals surface area contributed by atoms with Gasteiger partial charge in [-0.15, -0.1) is 16.4 Å². The van der Waals surface area contributed by atoms with Gasteiger partial charge in [0.2, 0.25) is 5.91 Å². The molecule has 0 saturated carbocycles. The summed E-state index contributed by atoms with van der Waals surface area (Å²) in [6, 6.07) is 19.2. The van der Waals surface area contributed by atoms with Crippen molar-refractivity contribution in [3.63, 3.8) is 0 Å². The number of nitrogens with one attached hydrogen (secondary N) is 1. The van der Waals surface area contributed by atoms with E-state index in [1.54, 1.807) is 20.8 Å². The Morgan fingerprint density at radius 2 is 1.91 bits per heavy atom. The fraction of sp³-hybridized carbons (Fsp3) is 0.208. The first-order valence-corrected chi connectivity index (χ1v) is 12.6. The van der Waals surface area contributed by atoms with E-state index in [2.05, 4.69) is 10.2 Å². The molecule has 4 aromatic rings. The van der Waals surface area contributed by atoms with E-state index in [0.717, 1.165) is 16.1 Å². The molecular formula is C24H22N4O4S2. The smallest absolute Gasteiger partial charge is 0.344 e. The summed E-state index contributed by atoms with van der Waals surface area (Å²) in [4.78, 5) is 28.5. The van der Waals surface area contributed by atoms with Gasteiger partial charge in [0.05, 0.1) is 18.8 Å². The number of rotatable bonds is 8. The van der Waals surface area contributed by atoms with Gasteiger partial charge in [-0.05, 0) is 29.1 Å². The van der Waals surface area contributed by atoms with Crippen molar-refractivity contribution in [2.45, 2.75) is 18.2 Å². The second kappa shape index (κ2) is 10.2. The molecule has 2 aromatic heterocycles. The first-order chi connectivity index (χ1) is 16.7. The summed E-state index contributed by atoms with van der Waals surface area (Å²) in [7, 11) is 0. The van der Waals surface area contributed by atoms with Gasteiger partial charge in [0, 0.05) is 16.6 Å². The van der Waals surface area contributed by atoms with Crippen LogP contribution in [0.15, 0.2) is 76.0 Å². The van der Waals surface area contributed by atoms with Gasteiger partial charge in [-0.1, -0.05) is 48.2 Å². The molecule has 0 fully saturated rings. The molecule has 0 unspecified atom stereocenters. The van der Waals surface area contributed by atoms with E-state index >= 15 is 0 Å². The molecule has 0 aliphatic carbocycles. The van der Waals surface area contributed by atoms with E-state index in [1.165, 1.54) is 11.8 Å². The Kier molecular flexibility index (Phi) is 6.68. The number of nitrogens with zero attached hydrogens (tertiary/aromatic N) is 3. The molecule has 1 N–H and O–H groups in total. The second-order valence-corrected chi connectivity index (χ2v) is 9.53. The van der Waals surface area contributed by atoms with E-state index in [4.69, 9.17) is 9.47 Å². The van der Waals surface area contributed by atoms with Crippen LogP contribution >= 0.6 is 23.1 Å². The number of fused-ring (bicyclic) bond motifs is 1. The highest BCUT2D eigenvalue weighted by atomic mass is 32.2. The molecule has 10 heteroatoms. The molecule has 1 aliphatic heterocycles. The Hall–Kier alpha value is -3.50. The molecule has 0 bridgehead atoms. The van der Waals surface area contributed by atoms with Crippen LogP contribution in [0.3, 0.4) is 0 Å². The Balaban J connectivity index is 1.35. The molecular weight excluding hydrogens is 472 g/mol. The van der Waals surface area contributed by atoms with Gasteiger partial charge in [-0.25, -0.2) is 9.89 Å².